The van der Waals surface area contributed by atoms with Crippen LogP contribution in [0.5, 0.6) is 17.5 Å². The van der Waals surface area contributed by atoms with Gasteiger partial charge in [-0.1, -0.05) is 42.5 Å². The molecule has 0 radical (unpaired) electrons. The van der Waals surface area contributed by atoms with E-state index in [2.05, 4.69) is 15.3 Å². The zero-order valence-electron chi connectivity index (χ0n) is 18.1. The van der Waals surface area contributed by atoms with Gasteiger partial charge in [-0.05, 0) is 66.1 Å². The standard InChI is InChI=1S/C27H23N3O3/c1-20-18-24(33-27-28-16-5-17-29-27)13-14-25(20)30-26(31)15-10-21-8-11-23(12-9-21)32-19-22-6-3-2-4-7-22/h2-18H,19H2,1H3,(H,30,31). The maximum absolute atomic E-state index is 12.4. The number of benzene rings is 3. The van der Waals surface area contributed by atoms with Crippen molar-refractivity contribution in [1.82, 2.24) is 9.97 Å². The third-order valence-electron chi connectivity index (χ3n) is 4.76. The summed E-state index contributed by atoms with van der Waals surface area (Å²) in [6.07, 6.45) is 6.49. The molecule has 6 nitrogen and oxygen atoms in total. The molecule has 1 amide bonds. The molecule has 0 atom stereocenters. The Kier molecular flexibility index (Phi) is 7.08. The van der Waals surface area contributed by atoms with Crippen LogP contribution in [0.4, 0.5) is 5.69 Å². The normalized spacial score (nSPS) is 10.7. The number of aromatic nitrogens is 2. The molecule has 0 aliphatic heterocycles. The molecular weight excluding hydrogens is 414 g/mol. The van der Waals surface area contributed by atoms with Crippen LogP contribution in [0, 0.1) is 6.92 Å². The Bertz CT molecular complexity index is 1220. The van der Waals surface area contributed by atoms with Gasteiger partial charge in [0, 0.05) is 24.2 Å². The maximum atomic E-state index is 12.4. The van der Waals surface area contributed by atoms with E-state index in [1.165, 1.54) is 6.08 Å². The summed E-state index contributed by atoms with van der Waals surface area (Å²) in [5.41, 5.74) is 3.59. The van der Waals surface area contributed by atoms with Gasteiger partial charge in [-0.2, -0.15) is 0 Å². The van der Waals surface area contributed by atoms with Gasteiger partial charge in [0.2, 0.25) is 5.91 Å². The van der Waals surface area contributed by atoms with E-state index >= 15 is 0 Å². The van der Waals surface area contributed by atoms with Crippen molar-refractivity contribution in [2.45, 2.75) is 13.5 Å². The summed E-state index contributed by atoms with van der Waals surface area (Å²) in [5, 5.41) is 2.88. The van der Waals surface area contributed by atoms with Crippen LogP contribution in [0.25, 0.3) is 6.08 Å². The molecule has 0 saturated heterocycles. The first-order valence-corrected chi connectivity index (χ1v) is 10.5. The third kappa shape index (κ3) is 6.51. The van der Waals surface area contributed by atoms with E-state index in [9.17, 15) is 4.79 Å². The predicted octanol–water partition coefficient (Wildman–Crippen LogP) is 5.81. The molecule has 0 fully saturated rings. The quantitative estimate of drug-likeness (QED) is 0.352. The summed E-state index contributed by atoms with van der Waals surface area (Å²) in [7, 11) is 0. The Hall–Kier alpha value is -4.45. The van der Waals surface area contributed by atoms with Crippen molar-refractivity contribution in [2.75, 3.05) is 5.32 Å². The zero-order chi connectivity index (χ0) is 22.9. The molecule has 1 aromatic heterocycles. The molecule has 0 saturated carbocycles. The van der Waals surface area contributed by atoms with Crippen LogP contribution in [-0.2, 0) is 11.4 Å². The van der Waals surface area contributed by atoms with Crippen LogP contribution < -0.4 is 14.8 Å². The van der Waals surface area contributed by atoms with Gasteiger partial charge >= 0.3 is 6.01 Å². The fraction of sp³-hybridized carbons (Fsp3) is 0.0741. The van der Waals surface area contributed by atoms with Crippen LogP contribution in [0.3, 0.4) is 0 Å². The van der Waals surface area contributed by atoms with E-state index in [0.29, 0.717) is 18.0 Å². The van der Waals surface area contributed by atoms with E-state index < -0.39 is 0 Å². The van der Waals surface area contributed by atoms with Gasteiger partial charge in [0.25, 0.3) is 0 Å². The van der Waals surface area contributed by atoms with Gasteiger partial charge < -0.3 is 14.8 Å². The fourth-order valence-corrected chi connectivity index (χ4v) is 3.05. The smallest absolute Gasteiger partial charge is 0.321 e. The van der Waals surface area contributed by atoms with Crippen LogP contribution in [-0.4, -0.2) is 15.9 Å². The van der Waals surface area contributed by atoms with Crippen molar-refractivity contribution in [2.24, 2.45) is 0 Å². The van der Waals surface area contributed by atoms with Gasteiger partial charge in [0.1, 0.15) is 18.1 Å². The number of nitrogens with one attached hydrogen (secondary N) is 1. The van der Waals surface area contributed by atoms with Crippen LogP contribution >= 0.6 is 0 Å². The van der Waals surface area contributed by atoms with Gasteiger partial charge in [-0.25, -0.2) is 9.97 Å². The van der Waals surface area contributed by atoms with Gasteiger partial charge in [0.15, 0.2) is 0 Å². The van der Waals surface area contributed by atoms with E-state index in [0.717, 1.165) is 22.4 Å². The van der Waals surface area contributed by atoms with Crippen molar-refractivity contribution in [3.63, 3.8) is 0 Å². The summed E-state index contributed by atoms with van der Waals surface area (Å²) in [4.78, 5) is 20.4. The molecule has 4 rings (SSSR count). The fourth-order valence-electron chi connectivity index (χ4n) is 3.05. The lowest BCUT2D eigenvalue weighted by Gasteiger charge is -2.09. The number of nitrogens with zero attached hydrogens (tertiary/aromatic N) is 2. The van der Waals surface area contributed by atoms with E-state index in [1.54, 1.807) is 36.7 Å². The SMILES string of the molecule is Cc1cc(Oc2ncccn2)ccc1NC(=O)C=Cc1ccc(OCc2ccccc2)cc1. The molecule has 0 aliphatic rings. The second-order valence-electron chi connectivity index (χ2n) is 7.28. The summed E-state index contributed by atoms with van der Waals surface area (Å²) in [6, 6.07) is 25.0. The number of rotatable bonds is 8. The summed E-state index contributed by atoms with van der Waals surface area (Å²) in [5.74, 6) is 1.16. The minimum Gasteiger partial charge on any atom is -0.489 e. The second-order valence-corrected chi connectivity index (χ2v) is 7.28. The molecule has 1 N–H and O–H groups in total. The number of hydrogen-bond donors (Lipinski definition) is 1. The van der Waals surface area contributed by atoms with E-state index in [4.69, 9.17) is 9.47 Å². The minimum absolute atomic E-state index is 0.220. The number of anilines is 1. The van der Waals surface area contributed by atoms with Crippen molar-refractivity contribution >= 4 is 17.7 Å². The first-order valence-electron chi connectivity index (χ1n) is 10.5. The van der Waals surface area contributed by atoms with Crippen molar-refractivity contribution in [1.29, 1.82) is 0 Å². The molecule has 0 bridgehead atoms. The number of aryl methyl sites for hydroxylation is 1. The third-order valence-corrected chi connectivity index (χ3v) is 4.76. The number of carbonyl (C=O) groups is 1. The monoisotopic (exact) mass is 437 g/mol. The van der Waals surface area contributed by atoms with Crippen molar-refractivity contribution in [3.05, 3.63) is 114 Å². The molecule has 6 heteroatoms. The molecular formula is C27H23N3O3. The van der Waals surface area contributed by atoms with Gasteiger partial charge in [-0.15, -0.1) is 0 Å². The lowest BCUT2D eigenvalue weighted by molar-refractivity contribution is -0.111. The number of amides is 1. The molecule has 4 aromatic rings. The Morgan fingerprint density at radius 1 is 0.909 bits per heavy atom. The first-order chi connectivity index (χ1) is 16.2. The Balaban J connectivity index is 1.30. The van der Waals surface area contributed by atoms with Gasteiger partial charge in [-0.3, -0.25) is 4.79 Å². The minimum atomic E-state index is -0.220. The van der Waals surface area contributed by atoms with Crippen LogP contribution in [0.15, 0.2) is 97.3 Å². The second kappa shape index (κ2) is 10.7. The largest absolute Gasteiger partial charge is 0.489 e. The average molecular weight is 437 g/mol. The lowest BCUT2D eigenvalue weighted by Crippen LogP contribution is -2.09. The highest BCUT2D eigenvalue weighted by Crippen LogP contribution is 2.24. The maximum Gasteiger partial charge on any atom is 0.321 e. The van der Waals surface area contributed by atoms with Crippen LogP contribution in [0.1, 0.15) is 16.7 Å². The molecule has 3 aromatic carbocycles. The zero-order valence-corrected chi connectivity index (χ0v) is 18.1. The Morgan fingerprint density at radius 3 is 2.36 bits per heavy atom. The van der Waals surface area contributed by atoms with E-state index in [1.807, 2.05) is 67.6 Å². The highest BCUT2D eigenvalue weighted by atomic mass is 16.5. The highest BCUT2D eigenvalue weighted by Gasteiger charge is 2.06. The van der Waals surface area contributed by atoms with Crippen molar-refractivity contribution in [3.8, 4) is 17.5 Å². The number of carbonyl (C=O) groups excluding carboxylic acids is 1. The Morgan fingerprint density at radius 2 is 1.64 bits per heavy atom. The first kappa shape index (κ1) is 21.8. The molecule has 0 spiro atoms. The molecule has 164 valence electrons. The Labute approximate surface area is 192 Å². The molecule has 33 heavy (non-hydrogen) atoms. The number of ether oxygens (including phenoxy) is 2. The van der Waals surface area contributed by atoms with Crippen molar-refractivity contribution < 1.29 is 14.3 Å². The van der Waals surface area contributed by atoms with Crippen LogP contribution in [0.2, 0.25) is 0 Å². The predicted molar refractivity (Wildman–Crippen MR) is 128 cm³/mol. The van der Waals surface area contributed by atoms with E-state index in [-0.39, 0.29) is 11.9 Å². The number of hydrogen-bond acceptors (Lipinski definition) is 5. The molecule has 1 heterocycles. The lowest BCUT2D eigenvalue weighted by atomic mass is 10.2. The molecule has 0 aliphatic carbocycles. The topological polar surface area (TPSA) is 73.3 Å². The molecule has 0 unspecified atom stereocenters. The highest BCUT2D eigenvalue weighted by molar-refractivity contribution is 6.02. The van der Waals surface area contributed by atoms with Gasteiger partial charge in [0.05, 0.1) is 0 Å². The summed E-state index contributed by atoms with van der Waals surface area (Å²) in [6.45, 7) is 2.41. The summed E-state index contributed by atoms with van der Waals surface area (Å²) >= 11 is 0. The average Bonchev–Trinajstić information content (AvgIpc) is 2.85. The summed E-state index contributed by atoms with van der Waals surface area (Å²) < 4.78 is 11.4.